The third-order valence-corrected chi connectivity index (χ3v) is 4.02. The number of rotatable bonds is 3. The van der Waals surface area contributed by atoms with Crippen molar-refractivity contribution in [3.8, 4) is 0 Å². The van der Waals surface area contributed by atoms with E-state index >= 15 is 0 Å². The largest absolute Gasteiger partial charge is 0.342 e. The van der Waals surface area contributed by atoms with Gasteiger partial charge in [0.05, 0.1) is 0 Å². The number of benzene rings is 1. The highest BCUT2D eigenvalue weighted by Crippen LogP contribution is 2.17. The molecule has 1 aliphatic rings. The first kappa shape index (κ1) is 13.6. The number of hydrogen-bond donors (Lipinski definition) is 0. The summed E-state index contributed by atoms with van der Waals surface area (Å²) < 4.78 is 1.08. The van der Waals surface area contributed by atoms with E-state index < -0.39 is 0 Å². The molecule has 0 N–H and O–H groups in total. The predicted octanol–water partition coefficient (Wildman–Crippen LogP) is 3.64. The Balaban J connectivity index is 1.84. The number of amides is 1. The maximum absolute atomic E-state index is 12.1. The van der Waals surface area contributed by atoms with Crippen LogP contribution in [0.2, 0.25) is 0 Å². The summed E-state index contributed by atoms with van der Waals surface area (Å²) in [6.07, 6.45) is 3.88. The summed E-state index contributed by atoms with van der Waals surface area (Å²) in [5.41, 5.74) is 1.22. The lowest BCUT2D eigenvalue weighted by Gasteiger charge is -2.31. The van der Waals surface area contributed by atoms with Crippen LogP contribution < -0.4 is 0 Å². The summed E-state index contributed by atoms with van der Waals surface area (Å²) in [5, 5.41) is 0. The normalized spacial score (nSPS) is 19.9. The van der Waals surface area contributed by atoms with Crippen LogP contribution in [-0.4, -0.2) is 23.9 Å². The molecule has 98 valence electrons. The molecule has 18 heavy (non-hydrogen) atoms. The van der Waals surface area contributed by atoms with Crippen LogP contribution in [0.3, 0.4) is 0 Å². The molecule has 1 heterocycles. The second kappa shape index (κ2) is 6.37. The number of halogens is 1. The molecule has 1 aromatic rings. The van der Waals surface area contributed by atoms with Crippen molar-refractivity contribution >= 4 is 21.8 Å². The van der Waals surface area contributed by atoms with E-state index in [9.17, 15) is 4.79 Å². The van der Waals surface area contributed by atoms with E-state index in [4.69, 9.17) is 0 Å². The first-order chi connectivity index (χ1) is 8.65. The SMILES string of the molecule is CC1CCCN(C(=O)CCc2cccc(Br)c2)C1. The number of hydrogen-bond acceptors (Lipinski definition) is 1. The zero-order valence-electron chi connectivity index (χ0n) is 10.9. The van der Waals surface area contributed by atoms with E-state index in [2.05, 4.69) is 35.0 Å². The van der Waals surface area contributed by atoms with Crippen molar-refractivity contribution in [2.24, 2.45) is 5.92 Å². The Morgan fingerprint density at radius 3 is 3.06 bits per heavy atom. The van der Waals surface area contributed by atoms with E-state index in [-0.39, 0.29) is 0 Å². The van der Waals surface area contributed by atoms with Gasteiger partial charge in [-0.25, -0.2) is 0 Å². The van der Waals surface area contributed by atoms with E-state index in [1.54, 1.807) is 0 Å². The fourth-order valence-corrected chi connectivity index (χ4v) is 2.96. The van der Waals surface area contributed by atoms with Gasteiger partial charge >= 0.3 is 0 Å². The summed E-state index contributed by atoms with van der Waals surface area (Å²) in [6, 6.07) is 8.20. The summed E-state index contributed by atoms with van der Waals surface area (Å²) in [6.45, 7) is 4.12. The number of carbonyl (C=O) groups is 1. The highest BCUT2D eigenvalue weighted by molar-refractivity contribution is 9.10. The van der Waals surface area contributed by atoms with Gasteiger partial charge < -0.3 is 4.90 Å². The molecule has 2 nitrogen and oxygen atoms in total. The zero-order chi connectivity index (χ0) is 13.0. The Morgan fingerprint density at radius 1 is 1.50 bits per heavy atom. The molecule has 0 radical (unpaired) electrons. The van der Waals surface area contributed by atoms with Crippen molar-refractivity contribution in [1.29, 1.82) is 0 Å². The Kier molecular flexibility index (Phi) is 4.81. The van der Waals surface area contributed by atoms with E-state index in [0.29, 0.717) is 18.2 Å². The topological polar surface area (TPSA) is 20.3 Å². The standard InChI is InChI=1S/C15H20BrNO/c1-12-4-3-9-17(11-12)15(18)8-7-13-5-2-6-14(16)10-13/h2,5-6,10,12H,3-4,7-9,11H2,1H3. The van der Waals surface area contributed by atoms with Crippen molar-refractivity contribution in [2.75, 3.05) is 13.1 Å². The molecule has 1 unspecified atom stereocenters. The number of likely N-dealkylation sites (tertiary alicyclic amines) is 1. The fraction of sp³-hybridized carbons (Fsp3) is 0.533. The minimum Gasteiger partial charge on any atom is -0.342 e. The Morgan fingerprint density at radius 2 is 2.33 bits per heavy atom. The second-order valence-corrected chi connectivity index (χ2v) is 6.13. The van der Waals surface area contributed by atoms with Gasteiger partial charge in [-0.15, -0.1) is 0 Å². The minimum absolute atomic E-state index is 0.307. The van der Waals surface area contributed by atoms with Gasteiger partial charge in [0.15, 0.2) is 0 Å². The molecule has 0 saturated carbocycles. The van der Waals surface area contributed by atoms with Gasteiger partial charge in [0, 0.05) is 24.0 Å². The van der Waals surface area contributed by atoms with Crippen LogP contribution in [0.15, 0.2) is 28.7 Å². The lowest BCUT2D eigenvalue weighted by atomic mass is 9.99. The summed E-state index contributed by atoms with van der Waals surface area (Å²) >= 11 is 3.46. The van der Waals surface area contributed by atoms with Crippen molar-refractivity contribution in [2.45, 2.75) is 32.6 Å². The molecule has 0 bridgehead atoms. The molecule has 0 aromatic heterocycles. The number of aryl methyl sites for hydroxylation is 1. The molecular formula is C15H20BrNO. The maximum Gasteiger partial charge on any atom is 0.222 e. The first-order valence-corrected chi connectivity index (χ1v) is 7.46. The lowest BCUT2D eigenvalue weighted by molar-refractivity contribution is -0.132. The minimum atomic E-state index is 0.307. The molecule has 2 rings (SSSR count). The van der Waals surface area contributed by atoms with Gasteiger partial charge in [-0.3, -0.25) is 4.79 Å². The molecule has 0 aliphatic carbocycles. The van der Waals surface area contributed by atoms with Gasteiger partial charge in [-0.2, -0.15) is 0 Å². The van der Waals surface area contributed by atoms with Gasteiger partial charge in [0.25, 0.3) is 0 Å². The van der Waals surface area contributed by atoms with Crippen LogP contribution in [0.1, 0.15) is 31.7 Å². The quantitative estimate of drug-likeness (QED) is 0.834. The zero-order valence-corrected chi connectivity index (χ0v) is 12.4. The molecule has 1 amide bonds. The maximum atomic E-state index is 12.1. The van der Waals surface area contributed by atoms with E-state index in [1.807, 2.05) is 17.0 Å². The highest BCUT2D eigenvalue weighted by atomic mass is 79.9. The van der Waals surface area contributed by atoms with Crippen LogP contribution in [-0.2, 0) is 11.2 Å². The first-order valence-electron chi connectivity index (χ1n) is 6.67. The molecule has 1 saturated heterocycles. The number of nitrogens with zero attached hydrogens (tertiary/aromatic N) is 1. The molecule has 1 atom stereocenters. The molecule has 3 heteroatoms. The number of carbonyl (C=O) groups excluding carboxylic acids is 1. The van der Waals surface area contributed by atoms with Crippen LogP contribution in [0.25, 0.3) is 0 Å². The monoisotopic (exact) mass is 309 g/mol. The van der Waals surface area contributed by atoms with Gasteiger partial charge in [-0.1, -0.05) is 35.0 Å². The van der Waals surface area contributed by atoms with Crippen LogP contribution in [0.5, 0.6) is 0 Å². The molecule has 0 spiro atoms. The highest BCUT2D eigenvalue weighted by Gasteiger charge is 2.20. The van der Waals surface area contributed by atoms with E-state index in [1.165, 1.54) is 12.0 Å². The molecule has 1 aromatic carbocycles. The van der Waals surface area contributed by atoms with Gasteiger partial charge in [0.1, 0.15) is 0 Å². The fourth-order valence-electron chi connectivity index (χ4n) is 2.52. The Hall–Kier alpha value is -0.830. The molecule has 1 fully saturated rings. The van der Waals surface area contributed by atoms with Crippen LogP contribution >= 0.6 is 15.9 Å². The second-order valence-electron chi connectivity index (χ2n) is 5.22. The van der Waals surface area contributed by atoms with Gasteiger partial charge in [-0.05, 0) is 42.9 Å². The lowest BCUT2D eigenvalue weighted by Crippen LogP contribution is -2.39. The Bertz CT molecular complexity index is 419. The van der Waals surface area contributed by atoms with Crippen LogP contribution in [0, 0.1) is 5.92 Å². The van der Waals surface area contributed by atoms with Crippen LogP contribution in [0.4, 0.5) is 0 Å². The van der Waals surface area contributed by atoms with Crippen molar-refractivity contribution in [3.05, 3.63) is 34.3 Å². The summed E-state index contributed by atoms with van der Waals surface area (Å²) in [4.78, 5) is 14.1. The van der Waals surface area contributed by atoms with Crippen molar-refractivity contribution in [1.82, 2.24) is 4.90 Å². The smallest absolute Gasteiger partial charge is 0.222 e. The summed E-state index contributed by atoms with van der Waals surface area (Å²) in [7, 11) is 0. The molecule has 1 aliphatic heterocycles. The Labute approximate surface area is 117 Å². The summed E-state index contributed by atoms with van der Waals surface area (Å²) in [5.74, 6) is 0.968. The van der Waals surface area contributed by atoms with Crippen molar-refractivity contribution < 1.29 is 4.79 Å². The average molecular weight is 310 g/mol. The van der Waals surface area contributed by atoms with E-state index in [0.717, 1.165) is 30.4 Å². The van der Waals surface area contributed by atoms with Crippen molar-refractivity contribution in [3.63, 3.8) is 0 Å². The third-order valence-electron chi connectivity index (χ3n) is 3.53. The van der Waals surface area contributed by atoms with Gasteiger partial charge in [0.2, 0.25) is 5.91 Å². The molecular weight excluding hydrogens is 290 g/mol. The number of piperidine rings is 1. The third kappa shape index (κ3) is 3.84. The predicted molar refractivity (Wildman–Crippen MR) is 77.4 cm³/mol. The average Bonchev–Trinajstić information content (AvgIpc) is 2.36.